The highest BCUT2D eigenvalue weighted by Gasteiger charge is 2.22. The maximum Gasteiger partial charge on any atom is 0.243 e. The normalized spacial score (nSPS) is 17.3. The Balaban J connectivity index is 2.08. The van der Waals surface area contributed by atoms with Crippen LogP contribution in [-0.4, -0.2) is 50.6 Å². The second-order valence-corrected chi connectivity index (χ2v) is 7.62. The highest BCUT2D eigenvalue weighted by molar-refractivity contribution is 5.85. The number of amides is 1. The van der Waals surface area contributed by atoms with E-state index in [9.17, 15) is 4.79 Å². The quantitative estimate of drug-likeness (QED) is 0.503. The third-order valence-corrected chi connectivity index (χ3v) is 5.24. The number of carbonyl (C=O) groups is 1. The van der Waals surface area contributed by atoms with E-state index >= 15 is 0 Å². The maximum absolute atomic E-state index is 12.0. The smallest absolute Gasteiger partial charge is 0.243 e. The van der Waals surface area contributed by atoms with Gasteiger partial charge in [0.25, 0.3) is 0 Å². The zero-order valence-corrected chi connectivity index (χ0v) is 17.8. The number of likely N-dealkylation sites (N-methyl/N-ethyl adjacent to an activating group) is 1. The summed E-state index contributed by atoms with van der Waals surface area (Å²) >= 11 is 0. The first-order valence-electron chi connectivity index (χ1n) is 10.5. The largest absolute Gasteiger partial charge is 0.493 e. The molecular formula is C22H36N4O2. The summed E-state index contributed by atoms with van der Waals surface area (Å²) in [5, 5.41) is 7.01. The van der Waals surface area contributed by atoms with Gasteiger partial charge in [-0.2, -0.15) is 0 Å². The summed E-state index contributed by atoms with van der Waals surface area (Å²) < 4.78 is 5.76. The molecule has 2 N–H and O–H groups in total. The summed E-state index contributed by atoms with van der Waals surface area (Å²) in [7, 11) is 3.51. The number of nitrogens with one attached hydrogen (secondary N) is 2. The molecule has 2 rings (SSSR count). The van der Waals surface area contributed by atoms with Crippen LogP contribution in [0.25, 0.3) is 0 Å². The van der Waals surface area contributed by atoms with E-state index in [2.05, 4.69) is 35.5 Å². The van der Waals surface area contributed by atoms with Crippen molar-refractivity contribution in [1.29, 1.82) is 0 Å². The van der Waals surface area contributed by atoms with E-state index in [1.807, 2.05) is 18.2 Å². The van der Waals surface area contributed by atoms with Crippen LogP contribution >= 0.6 is 0 Å². The Bertz CT molecular complexity index is 645. The second kappa shape index (κ2) is 11.6. The van der Waals surface area contributed by atoms with E-state index in [1.165, 1.54) is 19.3 Å². The Morgan fingerprint density at radius 1 is 1.32 bits per heavy atom. The maximum atomic E-state index is 12.0. The van der Waals surface area contributed by atoms with Crippen molar-refractivity contribution in [1.82, 2.24) is 15.5 Å². The molecule has 2 atom stereocenters. The van der Waals surface area contributed by atoms with Crippen molar-refractivity contribution >= 4 is 11.9 Å². The van der Waals surface area contributed by atoms with Gasteiger partial charge in [-0.3, -0.25) is 4.79 Å². The van der Waals surface area contributed by atoms with Crippen LogP contribution in [0.1, 0.15) is 57.6 Å². The summed E-state index contributed by atoms with van der Waals surface area (Å²) in [5.41, 5.74) is 1.14. The second-order valence-electron chi connectivity index (χ2n) is 7.62. The van der Waals surface area contributed by atoms with Crippen LogP contribution in [0.3, 0.4) is 0 Å². The van der Waals surface area contributed by atoms with Gasteiger partial charge in [0.2, 0.25) is 5.91 Å². The lowest BCUT2D eigenvalue weighted by molar-refractivity contribution is -0.127. The third kappa shape index (κ3) is 6.73. The molecule has 0 radical (unpaired) electrons. The van der Waals surface area contributed by atoms with Gasteiger partial charge in [0.05, 0.1) is 12.6 Å². The molecule has 6 nitrogen and oxygen atoms in total. The van der Waals surface area contributed by atoms with Crippen molar-refractivity contribution in [2.75, 3.05) is 33.8 Å². The minimum Gasteiger partial charge on any atom is -0.493 e. The first kappa shape index (κ1) is 22.1. The predicted octanol–water partition coefficient (Wildman–Crippen LogP) is 3.35. The molecule has 156 valence electrons. The summed E-state index contributed by atoms with van der Waals surface area (Å²) in [6.45, 7) is 6.13. The van der Waals surface area contributed by atoms with E-state index in [0.29, 0.717) is 18.5 Å². The highest BCUT2D eigenvalue weighted by Crippen LogP contribution is 2.31. The number of rotatable bonds is 9. The lowest BCUT2D eigenvalue weighted by Crippen LogP contribution is -2.43. The first-order chi connectivity index (χ1) is 13.5. The summed E-state index contributed by atoms with van der Waals surface area (Å²) in [6.07, 6.45) is 5.67. The molecule has 1 aliphatic rings. The minimum absolute atomic E-state index is 0.00787. The number of benzene rings is 1. The van der Waals surface area contributed by atoms with Crippen LogP contribution in [0.2, 0.25) is 0 Å². The molecule has 0 aromatic heterocycles. The van der Waals surface area contributed by atoms with Crippen LogP contribution in [0.4, 0.5) is 0 Å². The standard InChI is InChI=1S/C22H36N4O2/c1-5-7-10-17(6-2)15-23-22(24-16-21(27)26(3)4)25-19-13-14-28-20-12-9-8-11-18(19)20/h8-9,11-12,17,19H,5-7,10,13-16H2,1-4H3,(H2,23,24,25). The van der Waals surface area contributed by atoms with Gasteiger partial charge in [-0.05, 0) is 18.4 Å². The van der Waals surface area contributed by atoms with Gasteiger partial charge in [0, 0.05) is 32.6 Å². The Morgan fingerprint density at radius 2 is 2.11 bits per heavy atom. The predicted molar refractivity (Wildman–Crippen MR) is 115 cm³/mol. The average molecular weight is 389 g/mol. The Morgan fingerprint density at radius 3 is 2.82 bits per heavy atom. The molecule has 1 aliphatic heterocycles. The number of hydrogen-bond acceptors (Lipinski definition) is 3. The number of fused-ring (bicyclic) bond motifs is 1. The Hall–Kier alpha value is -2.24. The number of hydrogen-bond donors (Lipinski definition) is 2. The van der Waals surface area contributed by atoms with Crippen LogP contribution in [0, 0.1) is 5.92 Å². The van der Waals surface area contributed by atoms with Crippen molar-refractivity contribution < 1.29 is 9.53 Å². The zero-order valence-electron chi connectivity index (χ0n) is 17.8. The van der Waals surface area contributed by atoms with E-state index < -0.39 is 0 Å². The average Bonchev–Trinajstić information content (AvgIpc) is 2.71. The van der Waals surface area contributed by atoms with Crippen molar-refractivity contribution in [3.8, 4) is 5.75 Å². The number of carbonyl (C=O) groups excluding carboxylic acids is 1. The fraction of sp³-hybridized carbons (Fsp3) is 0.636. The van der Waals surface area contributed by atoms with Gasteiger partial charge in [-0.25, -0.2) is 4.99 Å². The summed E-state index contributed by atoms with van der Waals surface area (Å²) in [6, 6.07) is 8.23. The summed E-state index contributed by atoms with van der Waals surface area (Å²) in [4.78, 5) is 18.1. The highest BCUT2D eigenvalue weighted by atomic mass is 16.5. The number of unbranched alkanes of at least 4 members (excludes halogenated alkanes) is 1. The van der Waals surface area contributed by atoms with Gasteiger partial charge in [0.1, 0.15) is 12.3 Å². The van der Waals surface area contributed by atoms with Gasteiger partial charge in [-0.15, -0.1) is 0 Å². The fourth-order valence-electron chi connectivity index (χ4n) is 3.28. The number of guanidine groups is 1. The van der Waals surface area contributed by atoms with E-state index in [4.69, 9.17) is 4.74 Å². The molecule has 1 aromatic rings. The number of nitrogens with zero attached hydrogens (tertiary/aromatic N) is 2. The molecule has 1 amide bonds. The molecule has 0 saturated heterocycles. The van der Waals surface area contributed by atoms with E-state index in [-0.39, 0.29) is 18.5 Å². The SMILES string of the molecule is CCCCC(CC)CNC(=NCC(=O)N(C)C)NC1CCOc2ccccc21. The number of aliphatic imine (C=N–C) groups is 1. The molecule has 1 heterocycles. The molecule has 1 aromatic carbocycles. The molecule has 0 fully saturated rings. The number of para-hydroxylation sites is 1. The molecule has 0 saturated carbocycles. The molecule has 2 unspecified atom stereocenters. The van der Waals surface area contributed by atoms with E-state index in [0.717, 1.165) is 30.7 Å². The van der Waals surface area contributed by atoms with Gasteiger partial charge >= 0.3 is 0 Å². The Kier molecular flexibility index (Phi) is 9.11. The summed E-state index contributed by atoms with van der Waals surface area (Å²) in [5.74, 6) is 2.22. The lowest BCUT2D eigenvalue weighted by atomic mass is 9.99. The van der Waals surface area contributed by atoms with Crippen molar-refractivity contribution in [3.63, 3.8) is 0 Å². The Labute approximate surface area is 169 Å². The van der Waals surface area contributed by atoms with Crippen LogP contribution in [-0.2, 0) is 4.79 Å². The van der Waals surface area contributed by atoms with Crippen LogP contribution < -0.4 is 15.4 Å². The minimum atomic E-state index is -0.00787. The van der Waals surface area contributed by atoms with E-state index in [1.54, 1.807) is 19.0 Å². The zero-order chi connectivity index (χ0) is 20.4. The molecule has 0 aliphatic carbocycles. The molecule has 0 bridgehead atoms. The fourth-order valence-corrected chi connectivity index (χ4v) is 3.28. The molecule has 28 heavy (non-hydrogen) atoms. The monoisotopic (exact) mass is 388 g/mol. The lowest BCUT2D eigenvalue weighted by Gasteiger charge is -2.28. The van der Waals surface area contributed by atoms with Crippen LogP contribution in [0.15, 0.2) is 29.3 Å². The third-order valence-electron chi connectivity index (χ3n) is 5.24. The van der Waals surface area contributed by atoms with Gasteiger partial charge in [0.15, 0.2) is 5.96 Å². The van der Waals surface area contributed by atoms with Gasteiger partial charge in [-0.1, -0.05) is 51.3 Å². The van der Waals surface area contributed by atoms with Crippen molar-refractivity contribution in [2.45, 2.75) is 52.0 Å². The van der Waals surface area contributed by atoms with Crippen molar-refractivity contribution in [3.05, 3.63) is 29.8 Å². The molecule has 0 spiro atoms. The van der Waals surface area contributed by atoms with Crippen molar-refractivity contribution in [2.24, 2.45) is 10.9 Å². The first-order valence-corrected chi connectivity index (χ1v) is 10.5. The topological polar surface area (TPSA) is 66.0 Å². The van der Waals surface area contributed by atoms with Crippen LogP contribution in [0.5, 0.6) is 5.75 Å². The number of ether oxygens (including phenoxy) is 1. The molecular weight excluding hydrogens is 352 g/mol. The van der Waals surface area contributed by atoms with Gasteiger partial charge < -0.3 is 20.3 Å². The molecule has 6 heteroatoms.